The summed E-state index contributed by atoms with van der Waals surface area (Å²) < 4.78 is 6.87. The molecule has 3 N–H and O–H groups in total. The first-order valence-corrected chi connectivity index (χ1v) is 7.73. The highest BCUT2D eigenvalue weighted by molar-refractivity contribution is 9.10. The molecule has 0 saturated carbocycles. The van der Waals surface area contributed by atoms with Crippen molar-refractivity contribution in [3.8, 4) is 0 Å². The van der Waals surface area contributed by atoms with E-state index in [0.717, 1.165) is 38.2 Å². The Kier molecular flexibility index (Phi) is 4.31. The number of hydrogen-bond donors (Lipinski definition) is 2. The van der Waals surface area contributed by atoms with E-state index in [1.165, 1.54) is 0 Å². The van der Waals surface area contributed by atoms with Crippen LogP contribution in [-0.4, -0.2) is 0 Å². The number of hydrazine groups is 1. The van der Waals surface area contributed by atoms with Gasteiger partial charge in [-0.3, -0.25) is 5.84 Å². The highest BCUT2D eigenvalue weighted by Crippen LogP contribution is 2.30. The maximum Gasteiger partial charge on any atom is 0.148 e. The molecule has 0 bridgehead atoms. The second kappa shape index (κ2) is 6.20. The smallest absolute Gasteiger partial charge is 0.148 e. The third-order valence-corrected chi connectivity index (χ3v) is 4.29. The number of rotatable bonds is 4. The van der Waals surface area contributed by atoms with Crippen molar-refractivity contribution in [1.82, 2.24) is 5.43 Å². The first-order valence-electron chi connectivity index (χ1n) is 6.56. The van der Waals surface area contributed by atoms with Gasteiger partial charge in [-0.2, -0.15) is 0 Å². The number of nitrogens with one attached hydrogen (secondary N) is 1. The lowest BCUT2D eigenvalue weighted by Crippen LogP contribution is -2.29. The zero-order valence-electron chi connectivity index (χ0n) is 11.1. The van der Waals surface area contributed by atoms with Crippen molar-refractivity contribution in [2.75, 3.05) is 0 Å². The van der Waals surface area contributed by atoms with Crippen molar-refractivity contribution < 1.29 is 4.42 Å². The minimum Gasteiger partial charge on any atom is -0.458 e. The SMILES string of the molecule is NNC(Cc1ccc(Cl)cc1)c1cc2cccc(Br)c2o1. The zero-order valence-corrected chi connectivity index (χ0v) is 13.5. The van der Waals surface area contributed by atoms with Gasteiger partial charge in [-0.25, -0.2) is 5.43 Å². The van der Waals surface area contributed by atoms with E-state index >= 15 is 0 Å². The van der Waals surface area contributed by atoms with Gasteiger partial charge in [0.05, 0.1) is 10.5 Å². The maximum absolute atomic E-state index is 5.93. The van der Waals surface area contributed by atoms with E-state index in [-0.39, 0.29) is 6.04 Å². The van der Waals surface area contributed by atoms with Gasteiger partial charge >= 0.3 is 0 Å². The largest absolute Gasteiger partial charge is 0.458 e. The van der Waals surface area contributed by atoms with Gasteiger partial charge in [-0.1, -0.05) is 35.9 Å². The van der Waals surface area contributed by atoms with Crippen LogP contribution in [0, 0.1) is 0 Å². The molecule has 0 aliphatic carbocycles. The lowest BCUT2D eigenvalue weighted by Gasteiger charge is -2.13. The van der Waals surface area contributed by atoms with E-state index in [0.29, 0.717) is 0 Å². The molecular weight excluding hydrogens is 352 g/mol. The molecule has 0 amide bonds. The van der Waals surface area contributed by atoms with Crippen LogP contribution in [0.25, 0.3) is 11.0 Å². The van der Waals surface area contributed by atoms with Gasteiger partial charge in [0, 0.05) is 10.4 Å². The molecule has 0 aliphatic rings. The Labute approximate surface area is 136 Å². The number of nitrogens with two attached hydrogens (primary N) is 1. The van der Waals surface area contributed by atoms with E-state index in [1.54, 1.807) is 0 Å². The van der Waals surface area contributed by atoms with Gasteiger partial charge in [0.1, 0.15) is 11.3 Å². The van der Waals surface area contributed by atoms with Crippen LogP contribution < -0.4 is 11.3 Å². The Morgan fingerprint density at radius 1 is 1.19 bits per heavy atom. The van der Waals surface area contributed by atoms with Crippen LogP contribution in [0.2, 0.25) is 5.02 Å². The number of fused-ring (bicyclic) bond motifs is 1. The average Bonchev–Trinajstić information content (AvgIpc) is 2.92. The summed E-state index contributed by atoms with van der Waals surface area (Å²) >= 11 is 9.40. The van der Waals surface area contributed by atoms with Crippen LogP contribution in [0.5, 0.6) is 0 Å². The molecule has 21 heavy (non-hydrogen) atoms. The molecule has 3 aromatic rings. The summed E-state index contributed by atoms with van der Waals surface area (Å²) in [6, 6.07) is 15.6. The molecule has 2 aromatic carbocycles. The van der Waals surface area contributed by atoms with Gasteiger partial charge in [0.2, 0.25) is 0 Å². The Hall–Kier alpha value is -1.33. The number of furan rings is 1. The molecule has 108 valence electrons. The number of halogens is 2. The number of hydrogen-bond acceptors (Lipinski definition) is 3. The predicted octanol–water partition coefficient (Wildman–Crippen LogP) is 4.60. The van der Waals surface area contributed by atoms with Gasteiger partial charge in [0.25, 0.3) is 0 Å². The second-order valence-corrected chi connectivity index (χ2v) is 6.15. The van der Waals surface area contributed by atoms with Crippen LogP contribution in [-0.2, 0) is 6.42 Å². The lowest BCUT2D eigenvalue weighted by atomic mass is 10.0. The van der Waals surface area contributed by atoms with Crippen LogP contribution >= 0.6 is 27.5 Å². The average molecular weight is 366 g/mol. The molecule has 0 saturated heterocycles. The molecular formula is C16H14BrClN2O. The normalized spacial score (nSPS) is 12.7. The highest BCUT2D eigenvalue weighted by atomic mass is 79.9. The summed E-state index contributed by atoms with van der Waals surface area (Å²) in [6.45, 7) is 0. The zero-order chi connectivity index (χ0) is 14.8. The molecule has 5 heteroatoms. The van der Waals surface area contributed by atoms with E-state index < -0.39 is 0 Å². The van der Waals surface area contributed by atoms with Crippen molar-refractivity contribution in [3.63, 3.8) is 0 Å². The van der Waals surface area contributed by atoms with Gasteiger partial charge in [-0.05, 0) is 52.2 Å². The third kappa shape index (κ3) is 3.14. The van der Waals surface area contributed by atoms with Crippen LogP contribution in [0.15, 0.2) is 57.4 Å². The van der Waals surface area contributed by atoms with E-state index in [1.807, 2.05) is 48.5 Å². The fourth-order valence-corrected chi connectivity index (χ4v) is 2.91. The molecule has 0 fully saturated rings. The Bertz CT molecular complexity index is 755. The molecule has 3 nitrogen and oxygen atoms in total. The minimum atomic E-state index is -0.0922. The fraction of sp³-hybridized carbons (Fsp3) is 0.125. The fourth-order valence-electron chi connectivity index (χ4n) is 2.32. The summed E-state index contributed by atoms with van der Waals surface area (Å²) in [5.41, 5.74) is 4.80. The molecule has 1 unspecified atom stereocenters. The highest BCUT2D eigenvalue weighted by Gasteiger charge is 2.16. The van der Waals surface area contributed by atoms with Crippen molar-refractivity contribution >= 4 is 38.5 Å². The Morgan fingerprint density at radius 2 is 1.95 bits per heavy atom. The van der Waals surface area contributed by atoms with E-state index in [4.69, 9.17) is 21.9 Å². The summed E-state index contributed by atoms with van der Waals surface area (Å²) in [6.07, 6.45) is 0.727. The first kappa shape index (κ1) is 14.6. The second-order valence-electron chi connectivity index (χ2n) is 4.86. The van der Waals surface area contributed by atoms with Gasteiger partial charge in [-0.15, -0.1) is 0 Å². The third-order valence-electron chi connectivity index (χ3n) is 3.41. The van der Waals surface area contributed by atoms with Crippen molar-refractivity contribution in [2.24, 2.45) is 5.84 Å². The molecule has 1 heterocycles. The lowest BCUT2D eigenvalue weighted by molar-refractivity contribution is 0.434. The standard InChI is InChI=1S/C16H14BrClN2O/c17-13-3-1-2-11-9-15(21-16(11)13)14(20-19)8-10-4-6-12(18)7-5-10/h1-7,9,14,20H,8,19H2. The quantitative estimate of drug-likeness (QED) is 0.525. The molecule has 1 aromatic heterocycles. The Morgan fingerprint density at radius 3 is 2.62 bits per heavy atom. The summed E-state index contributed by atoms with van der Waals surface area (Å²) in [5.74, 6) is 6.51. The van der Waals surface area contributed by atoms with Crippen molar-refractivity contribution in [2.45, 2.75) is 12.5 Å². The molecule has 1 atom stereocenters. The van der Waals surface area contributed by atoms with Crippen LogP contribution in [0.3, 0.4) is 0 Å². The molecule has 0 spiro atoms. The number of para-hydroxylation sites is 1. The number of benzene rings is 2. The van der Waals surface area contributed by atoms with Gasteiger partial charge < -0.3 is 4.42 Å². The first-order chi connectivity index (χ1) is 10.2. The summed E-state index contributed by atoms with van der Waals surface area (Å²) in [4.78, 5) is 0. The van der Waals surface area contributed by atoms with E-state index in [9.17, 15) is 0 Å². The van der Waals surface area contributed by atoms with Gasteiger partial charge in [0.15, 0.2) is 0 Å². The van der Waals surface area contributed by atoms with Crippen molar-refractivity contribution in [3.05, 3.63) is 69.3 Å². The van der Waals surface area contributed by atoms with E-state index in [2.05, 4.69) is 21.4 Å². The minimum absolute atomic E-state index is 0.0922. The maximum atomic E-state index is 5.93. The summed E-state index contributed by atoms with van der Waals surface area (Å²) in [7, 11) is 0. The molecule has 0 aliphatic heterocycles. The monoisotopic (exact) mass is 364 g/mol. The summed E-state index contributed by atoms with van der Waals surface area (Å²) in [5, 5.41) is 1.78. The topological polar surface area (TPSA) is 51.2 Å². The molecule has 0 radical (unpaired) electrons. The van der Waals surface area contributed by atoms with Crippen LogP contribution in [0.1, 0.15) is 17.4 Å². The Balaban J connectivity index is 1.90. The molecule has 3 rings (SSSR count). The van der Waals surface area contributed by atoms with Crippen molar-refractivity contribution in [1.29, 1.82) is 0 Å². The van der Waals surface area contributed by atoms with Crippen LogP contribution in [0.4, 0.5) is 0 Å². The predicted molar refractivity (Wildman–Crippen MR) is 89.1 cm³/mol.